The maximum absolute atomic E-state index is 13.3. The van der Waals surface area contributed by atoms with Gasteiger partial charge in [-0.05, 0) is 29.8 Å². The first kappa shape index (κ1) is 19.3. The Morgan fingerprint density at radius 3 is 2.35 bits per heavy atom. The molecule has 2 aromatic carbocycles. The number of piperazine rings is 1. The number of nitrogens with one attached hydrogen (secondary N) is 1. The van der Waals surface area contributed by atoms with Crippen LogP contribution in [0.4, 0.5) is 21.8 Å². The SMILES string of the molecule is Fc1ccc(Nc2nc(N3CCN(Cc4ccccc4)CC3)nc3nccnc23)cc1. The predicted octanol–water partition coefficient (Wildman–Crippen LogP) is 3.62. The van der Waals surface area contributed by atoms with Gasteiger partial charge in [0.25, 0.3) is 0 Å². The van der Waals surface area contributed by atoms with E-state index in [0.717, 1.165) is 38.4 Å². The Labute approximate surface area is 179 Å². The fraction of sp³-hybridized carbons (Fsp3) is 0.217. The van der Waals surface area contributed by atoms with E-state index in [1.54, 1.807) is 24.5 Å². The summed E-state index contributed by atoms with van der Waals surface area (Å²) in [6.07, 6.45) is 3.24. The number of aromatic nitrogens is 4. The highest BCUT2D eigenvalue weighted by Gasteiger charge is 2.21. The van der Waals surface area contributed by atoms with E-state index in [9.17, 15) is 4.39 Å². The number of halogens is 1. The Hall–Kier alpha value is -3.65. The van der Waals surface area contributed by atoms with Crippen LogP contribution in [-0.2, 0) is 6.54 Å². The van der Waals surface area contributed by atoms with Gasteiger partial charge in [-0.15, -0.1) is 0 Å². The molecule has 0 aliphatic carbocycles. The quantitative estimate of drug-likeness (QED) is 0.534. The molecule has 0 unspecified atom stereocenters. The minimum atomic E-state index is -0.285. The maximum atomic E-state index is 13.3. The van der Waals surface area contributed by atoms with Gasteiger partial charge in [-0.1, -0.05) is 30.3 Å². The van der Waals surface area contributed by atoms with E-state index in [1.807, 2.05) is 6.07 Å². The average molecular weight is 415 g/mol. The number of fused-ring (bicyclic) bond motifs is 1. The van der Waals surface area contributed by atoms with Crippen LogP contribution in [-0.4, -0.2) is 51.0 Å². The van der Waals surface area contributed by atoms with E-state index in [4.69, 9.17) is 4.98 Å². The van der Waals surface area contributed by atoms with Crippen molar-refractivity contribution in [1.82, 2.24) is 24.8 Å². The van der Waals surface area contributed by atoms with Crippen molar-refractivity contribution in [1.29, 1.82) is 0 Å². The van der Waals surface area contributed by atoms with Crippen molar-refractivity contribution in [3.05, 3.63) is 78.4 Å². The van der Waals surface area contributed by atoms with Crippen LogP contribution in [0.1, 0.15) is 5.56 Å². The standard InChI is InChI=1S/C23H22FN7/c24-18-6-8-19(9-7-18)27-22-20-21(26-11-10-25-20)28-23(29-22)31-14-12-30(13-15-31)16-17-4-2-1-3-5-17/h1-11H,12-16H2,(H,26,27,28,29). The molecule has 7 nitrogen and oxygen atoms in total. The second-order valence-corrected chi connectivity index (χ2v) is 7.48. The lowest BCUT2D eigenvalue weighted by Gasteiger charge is -2.34. The van der Waals surface area contributed by atoms with Gasteiger partial charge in [0.1, 0.15) is 5.82 Å². The Morgan fingerprint density at radius 1 is 0.839 bits per heavy atom. The van der Waals surface area contributed by atoms with Crippen molar-refractivity contribution in [2.45, 2.75) is 6.54 Å². The molecule has 1 saturated heterocycles. The summed E-state index contributed by atoms with van der Waals surface area (Å²) in [6, 6.07) is 16.7. The molecule has 0 spiro atoms. The van der Waals surface area contributed by atoms with Crippen molar-refractivity contribution < 1.29 is 4.39 Å². The van der Waals surface area contributed by atoms with E-state index in [-0.39, 0.29) is 5.82 Å². The number of rotatable bonds is 5. The molecule has 1 aliphatic heterocycles. The van der Waals surface area contributed by atoms with E-state index in [1.165, 1.54) is 17.7 Å². The summed E-state index contributed by atoms with van der Waals surface area (Å²) < 4.78 is 13.3. The third-order valence-electron chi connectivity index (χ3n) is 5.33. The molecule has 0 radical (unpaired) electrons. The molecule has 1 fully saturated rings. The van der Waals surface area contributed by atoms with Crippen molar-refractivity contribution in [3.8, 4) is 0 Å². The Morgan fingerprint density at radius 2 is 1.58 bits per heavy atom. The lowest BCUT2D eigenvalue weighted by molar-refractivity contribution is 0.249. The molecular weight excluding hydrogens is 393 g/mol. The van der Waals surface area contributed by atoms with Gasteiger partial charge in [-0.2, -0.15) is 9.97 Å². The zero-order valence-electron chi connectivity index (χ0n) is 16.9. The molecule has 0 amide bonds. The maximum Gasteiger partial charge on any atom is 0.229 e. The fourth-order valence-electron chi connectivity index (χ4n) is 3.70. The summed E-state index contributed by atoms with van der Waals surface area (Å²) in [6.45, 7) is 4.45. The Balaban J connectivity index is 1.36. The minimum Gasteiger partial charge on any atom is -0.338 e. The van der Waals surface area contributed by atoms with Crippen LogP contribution in [0.25, 0.3) is 11.2 Å². The van der Waals surface area contributed by atoms with Gasteiger partial charge in [0, 0.05) is 50.8 Å². The highest BCUT2D eigenvalue weighted by atomic mass is 19.1. The van der Waals surface area contributed by atoms with Crippen LogP contribution < -0.4 is 10.2 Å². The van der Waals surface area contributed by atoms with Crippen LogP contribution in [0.15, 0.2) is 67.0 Å². The van der Waals surface area contributed by atoms with Gasteiger partial charge < -0.3 is 10.2 Å². The zero-order valence-corrected chi connectivity index (χ0v) is 16.9. The number of benzene rings is 2. The molecule has 31 heavy (non-hydrogen) atoms. The summed E-state index contributed by atoms with van der Waals surface area (Å²) in [7, 11) is 0. The molecule has 1 N–H and O–H groups in total. The summed E-state index contributed by atoms with van der Waals surface area (Å²) >= 11 is 0. The molecule has 4 aromatic rings. The first-order chi connectivity index (χ1) is 15.2. The molecule has 2 aromatic heterocycles. The largest absolute Gasteiger partial charge is 0.338 e. The number of nitrogens with zero attached hydrogens (tertiary/aromatic N) is 6. The van der Waals surface area contributed by atoms with E-state index in [0.29, 0.717) is 22.9 Å². The average Bonchev–Trinajstić information content (AvgIpc) is 2.82. The smallest absolute Gasteiger partial charge is 0.229 e. The summed E-state index contributed by atoms with van der Waals surface area (Å²) in [5.74, 6) is 0.898. The molecule has 1 aliphatic rings. The van der Waals surface area contributed by atoms with Gasteiger partial charge in [-0.3, -0.25) is 4.90 Å². The van der Waals surface area contributed by atoms with Crippen LogP contribution in [0, 0.1) is 5.82 Å². The third-order valence-corrected chi connectivity index (χ3v) is 5.33. The molecule has 0 bridgehead atoms. The van der Waals surface area contributed by atoms with Gasteiger partial charge in [0.15, 0.2) is 17.0 Å². The van der Waals surface area contributed by atoms with Crippen LogP contribution in [0.5, 0.6) is 0 Å². The summed E-state index contributed by atoms with van der Waals surface area (Å²) in [5.41, 5.74) is 3.16. The summed E-state index contributed by atoms with van der Waals surface area (Å²) in [5, 5.41) is 3.24. The lowest BCUT2D eigenvalue weighted by atomic mass is 10.2. The predicted molar refractivity (Wildman–Crippen MR) is 119 cm³/mol. The number of hydrogen-bond acceptors (Lipinski definition) is 7. The topological polar surface area (TPSA) is 70.1 Å². The first-order valence-electron chi connectivity index (χ1n) is 10.3. The summed E-state index contributed by atoms with van der Waals surface area (Å²) in [4.78, 5) is 22.8. The van der Waals surface area contributed by atoms with E-state index < -0.39 is 0 Å². The van der Waals surface area contributed by atoms with E-state index >= 15 is 0 Å². The van der Waals surface area contributed by atoms with Crippen LogP contribution in [0.3, 0.4) is 0 Å². The Kier molecular flexibility index (Phi) is 5.37. The van der Waals surface area contributed by atoms with Gasteiger partial charge in [0.2, 0.25) is 5.95 Å². The molecule has 5 rings (SSSR count). The molecule has 3 heterocycles. The van der Waals surface area contributed by atoms with Crippen molar-refractivity contribution in [2.24, 2.45) is 0 Å². The second kappa shape index (κ2) is 8.61. The third kappa shape index (κ3) is 4.44. The minimum absolute atomic E-state index is 0.285. The molecular formula is C23H22FN7. The first-order valence-corrected chi connectivity index (χ1v) is 10.3. The van der Waals surface area contributed by atoms with Crippen molar-refractivity contribution in [2.75, 3.05) is 36.4 Å². The number of hydrogen-bond donors (Lipinski definition) is 1. The molecule has 156 valence electrons. The van der Waals surface area contributed by atoms with E-state index in [2.05, 4.69) is 54.3 Å². The zero-order chi connectivity index (χ0) is 21.0. The highest BCUT2D eigenvalue weighted by molar-refractivity contribution is 5.85. The second-order valence-electron chi connectivity index (χ2n) is 7.48. The number of anilines is 3. The van der Waals surface area contributed by atoms with Crippen molar-refractivity contribution in [3.63, 3.8) is 0 Å². The van der Waals surface area contributed by atoms with Gasteiger partial charge >= 0.3 is 0 Å². The monoisotopic (exact) mass is 415 g/mol. The molecule has 0 atom stereocenters. The normalized spacial score (nSPS) is 14.7. The molecule has 0 saturated carbocycles. The van der Waals surface area contributed by atoms with Gasteiger partial charge in [-0.25, -0.2) is 14.4 Å². The molecule has 8 heteroatoms. The fourth-order valence-corrected chi connectivity index (χ4v) is 3.70. The van der Waals surface area contributed by atoms with Crippen LogP contribution >= 0.6 is 0 Å². The van der Waals surface area contributed by atoms with Gasteiger partial charge in [0.05, 0.1) is 0 Å². The Bertz CT molecular complexity index is 1160. The van der Waals surface area contributed by atoms with Crippen molar-refractivity contribution >= 4 is 28.6 Å². The highest BCUT2D eigenvalue weighted by Crippen LogP contribution is 2.24. The van der Waals surface area contributed by atoms with Crippen LogP contribution in [0.2, 0.25) is 0 Å². The lowest BCUT2D eigenvalue weighted by Crippen LogP contribution is -2.46.